The van der Waals surface area contributed by atoms with Crippen LogP contribution in [-0.2, 0) is 11.3 Å². The van der Waals surface area contributed by atoms with Crippen LogP contribution >= 0.6 is 11.8 Å². The number of thioether (sulfide) groups is 1. The van der Waals surface area contributed by atoms with E-state index in [1.807, 2.05) is 67.6 Å². The number of aryl methyl sites for hydroxylation is 1. The molecular weight excluding hydrogens is 500 g/mol. The van der Waals surface area contributed by atoms with Crippen molar-refractivity contribution in [2.75, 3.05) is 7.11 Å². The Bertz CT molecular complexity index is 1560. The third-order valence-corrected chi connectivity index (χ3v) is 7.01. The van der Waals surface area contributed by atoms with Crippen LogP contribution < -0.4 is 4.74 Å². The van der Waals surface area contributed by atoms with Crippen molar-refractivity contribution < 1.29 is 23.8 Å². The fraction of sp³-hybridized carbons (Fsp3) is 0.100. The molecule has 0 saturated carbocycles. The lowest BCUT2D eigenvalue weighted by Crippen LogP contribution is -2.28. The van der Waals surface area contributed by atoms with Crippen LogP contribution in [0.5, 0.6) is 5.75 Å². The smallest absolute Gasteiger partial charge is 0.335 e. The van der Waals surface area contributed by atoms with Gasteiger partial charge in [-0.15, -0.1) is 0 Å². The molecule has 0 spiro atoms. The minimum Gasteiger partial charge on any atom is -0.497 e. The summed E-state index contributed by atoms with van der Waals surface area (Å²) in [5.74, 6) is 0.711. The zero-order chi connectivity index (χ0) is 26.6. The van der Waals surface area contributed by atoms with Gasteiger partial charge in [0.25, 0.3) is 5.91 Å². The van der Waals surface area contributed by atoms with Crippen LogP contribution in [0.15, 0.2) is 99.2 Å². The van der Waals surface area contributed by atoms with E-state index in [0.29, 0.717) is 28.1 Å². The van der Waals surface area contributed by atoms with Crippen LogP contribution in [0.1, 0.15) is 27.2 Å². The van der Waals surface area contributed by atoms with E-state index in [0.717, 1.165) is 28.1 Å². The van der Waals surface area contributed by atoms with Crippen LogP contribution in [0.25, 0.3) is 17.4 Å². The molecule has 1 aromatic heterocycles. The summed E-state index contributed by atoms with van der Waals surface area (Å²) in [6.45, 7) is 2.19. The summed E-state index contributed by atoms with van der Waals surface area (Å²) in [7, 11) is 1.61. The highest BCUT2D eigenvalue weighted by molar-refractivity contribution is 8.18. The first-order chi connectivity index (χ1) is 18.4. The summed E-state index contributed by atoms with van der Waals surface area (Å²) in [6.07, 6.45) is 1.71. The van der Waals surface area contributed by atoms with Crippen LogP contribution in [0.2, 0.25) is 0 Å². The average molecular weight is 525 g/mol. The largest absolute Gasteiger partial charge is 0.497 e. The fourth-order valence-corrected chi connectivity index (χ4v) is 5.01. The Kier molecular flexibility index (Phi) is 7.15. The molecule has 38 heavy (non-hydrogen) atoms. The number of aromatic carboxylic acids is 1. The normalized spacial score (nSPS) is 15.4. The molecule has 1 aliphatic rings. The van der Waals surface area contributed by atoms with Gasteiger partial charge >= 0.3 is 5.97 Å². The Labute approximate surface area is 224 Å². The minimum absolute atomic E-state index is 0.166. The van der Waals surface area contributed by atoms with Crippen molar-refractivity contribution >= 4 is 40.6 Å². The second kappa shape index (κ2) is 10.8. The summed E-state index contributed by atoms with van der Waals surface area (Å²) in [4.78, 5) is 31.6. The van der Waals surface area contributed by atoms with Gasteiger partial charge in [-0.05, 0) is 78.3 Å². The van der Waals surface area contributed by atoms with Crippen molar-refractivity contribution in [1.82, 2.24) is 4.90 Å². The molecule has 1 fully saturated rings. The first-order valence-electron chi connectivity index (χ1n) is 11.8. The summed E-state index contributed by atoms with van der Waals surface area (Å²) in [5.41, 5.74) is 3.49. The molecule has 3 aromatic carbocycles. The van der Waals surface area contributed by atoms with Gasteiger partial charge in [0, 0.05) is 11.6 Å². The van der Waals surface area contributed by atoms with E-state index in [2.05, 4.69) is 0 Å². The van der Waals surface area contributed by atoms with Crippen molar-refractivity contribution in [3.05, 3.63) is 112 Å². The predicted molar refractivity (Wildman–Crippen MR) is 148 cm³/mol. The average Bonchev–Trinajstić information content (AvgIpc) is 3.50. The van der Waals surface area contributed by atoms with E-state index in [1.54, 1.807) is 42.4 Å². The van der Waals surface area contributed by atoms with Gasteiger partial charge in [0.1, 0.15) is 17.3 Å². The Hall–Kier alpha value is -4.56. The van der Waals surface area contributed by atoms with E-state index in [1.165, 1.54) is 11.8 Å². The highest BCUT2D eigenvalue weighted by Crippen LogP contribution is 2.36. The van der Waals surface area contributed by atoms with Gasteiger partial charge in [0.15, 0.2) is 5.17 Å². The molecule has 8 heteroatoms. The number of carbonyl (C=O) groups excluding carboxylic acids is 1. The number of carboxylic acid groups (broad SMARTS) is 1. The van der Waals surface area contributed by atoms with Crippen molar-refractivity contribution in [3.63, 3.8) is 0 Å². The summed E-state index contributed by atoms with van der Waals surface area (Å²) < 4.78 is 11.3. The van der Waals surface area contributed by atoms with Crippen LogP contribution in [0.4, 0.5) is 5.69 Å². The molecule has 0 atom stereocenters. The molecule has 2 heterocycles. The Balaban J connectivity index is 1.44. The number of hydrogen-bond donors (Lipinski definition) is 1. The highest BCUT2D eigenvalue weighted by atomic mass is 32.2. The Morgan fingerprint density at radius 2 is 1.82 bits per heavy atom. The zero-order valence-corrected chi connectivity index (χ0v) is 21.6. The summed E-state index contributed by atoms with van der Waals surface area (Å²) >= 11 is 1.29. The van der Waals surface area contributed by atoms with Gasteiger partial charge in [-0.2, -0.15) is 0 Å². The number of carboxylic acids is 1. The molecule has 0 unspecified atom stereocenters. The zero-order valence-electron chi connectivity index (χ0n) is 20.8. The molecular formula is C30H24N2O5S. The molecule has 0 aliphatic carbocycles. The first kappa shape index (κ1) is 25.1. The van der Waals surface area contributed by atoms with Gasteiger partial charge in [-0.25, -0.2) is 9.79 Å². The van der Waals surface area contributed by atoms with E-state index in [-0.39, 0.29) is 11.5 Å². The van der Waals surface area contributed by atoms with Gasteiger partial charge < -0.3 is 14.3 Å². The van der Waals surface area contributed by atoms with E-state index < -0.39 is 5.97 Å². The molecule has 7 nitrogen and oxygen atoms in total. The number of ether oxygens (including phenoxy) is 1. The van der Waals surface area contributed by atoms with E-state index in [9.17, 15) is 14.7 Å². The van der Waals surface area contributed by atoms with E-state index >= 15 is 0 Å². The number of rotatable bonds is 7. The number of hydrogen-bond acceptors (Lipinski definition) is 6. The molecule has 1 aliphatic heterocycles. The third-order valence-electron chi connectivity index (χ3n) is 6.01. The van der Waals surface area contributed by atoms with E-state index in [4.69, 9.17) is 14.1 Å². The van der Waals surface area contributed by atoms with Gasteiger partial charge in [0.05, 0.1) is 29.8 Å². The molecule has 1 saturated heterocycles. The predicted octanol–water partition coefficient (Wildman–Crippen LogP) is 6.77. The second-order valence-corrected chi connectivity index (χ2v) is 9.63. The maximum Gasteiger partial charge on any atom is 0.335 e. The molecule has 4 aromatic rings. The van der Waals surface area contributed by atoms with Crippen molar-refractivity contribution in [3.8, 4) is 17.1 Å². The quantitative estimate of drug-likeness (QED) is 0.268. The molecule has 1 amide bonds. The van der Waals surface area contributed by atoms with Crippen LogP contribution in [-0.4, -0.2) is 34.2 Å². The second-order valence-electron chi connectivity index (χ2n) is 8.62. The molecule has 5 rings (SSSR count). The minimum atomic E-state index is -0.978. The monoisotopic (exact) mass is 524 g/mol. The molecule has 0 bridgehead atoms. The molecule has 1 N–H and O–H groups in total. The fourth-order valence-electron chi connectivity index (χ4n) is 4.03. The van der Waals surface area contributed by atoms with Gasteiger partial charge in [-0.3, -0.25) is 9.69 Å². The van der Waals surface area contributed by atoms with Crippen molar-refractivity contribution in [1.29, 1.82) is 0 Å². The maximum absolute atomic E-state index is 13.5. The third kappa shape index (κ3) is 5.40. The molecule has 0 radical (unpaired) electrons. The maximum atomic E-state index is 13.5. The number of para-hydroxylation sites is 1. The summed E-state index contributed by atoms with van der Waals surface area (Å²) in [5, 5.41) is 9.81. The molecule has 190 valence electrons. The standard InChI is InChI=1S/C30H24N2O5S/c1-19-16-21(29(34)35)10-14-25(19)26-15-13-24(37-26)17-27-28(33)32(18-20-8-11-23(36-2)12-9-20)30(38-27)31-22-6-4-3-5-7-22/h3-17H,18H2,1-2H3,(H,34,35)/b27-17-,31-30?. The van der Waals surface area contributed by atoms with Crippen molar-refractivity contribution in [2.24, 2.45) is 4.99 Å². The Morgan fingerprint density at radius 1 is 1.05 bits per heavy atom. The number of benzene rings is 3. The van der Waals surface area contributed by atoms with Gasteiger partial charge in [-0.1, -0.05) is 36.4 Å². The number of furan rings is 1. The van der Waals surface area contributed by atoms with Gasteiger partial charge in [0.2, 0.25) is 0 Å². The summed E-state index contributed by atoms with van der Waals surface area (Å²) in [6, 6.07) is 25.6. The lowest BCUT2D eigenvalue weighted by atomic mass is 10.0. The lowest BCUT2D eigenvalue weighted by molar-refractivity contribution is -0.122. The first-order valence-corrected chi connectivity index (χ1v) is 12.6. The van der Waals surface area contributed by atoms with Crippen LogP contribution in [0.3, 0.4) is 0 Å². The highest BCUT2D eigenvalue weighted by Gasteiger charge is 2.34. The number of amides is 1. The number of methoxy groups -OCH3 is 1. The number of nitrogens with zero attached hydrogens (tertiary/aromatic N) is 2. The number of aliphatic imine (C=N–C) groups is 1. The van der Waals surface area contributed by atoms with Crippen molar-refractivity contribution in [2.45, 2.75) is 13.5 Å². The lowest BCUT2D eigenvalue weighted by Gasteiger charge is -2.16. The van der Waals surface area contributed by atoms with Crippen LogP contribution in [0, 0.1) is 6.92 Å². The topological polar surface area (TPSA) is 92.3 Å². The number of carbonyl (C=O) groups is 2. The number of amidine groups is 1. The Morgan fingerprint density at radius 3 is 2.50 bits per heavy atom. The SMILES string of the molecule is COc1ccc(CN2C(=O)/C(=C/c3ccc(-c4ccc(C(=O)O)cc4C)o3)SC2=Nc2ccccc2)cc1.